The SMILES string of the molecule is C#CCCCCCCCCC(=O)OCc1ccccc1. The molecular formula is C18H24O2. The van der Waals surface area contributed by atoms with Gasteiger partial charge in [0.2, 0.25) is 0 Å². The second-order valence-corrected chi connectivity index (χ2v) is 4.97. The van der Waals surface area contributed by atoms with Gasteiger partial charge in [-0.15, -0.1) is 12.3 Å². The molecule has 0 unspecified atom stereocenters. The maximum atomic E-state index is 11.5. The van der Waals surface area contributed by atoms with Gasteiger partial charge in [-0.3, -0.25) is 4.79 Å². The van der Waals surface area contributed by atoms with E-state index in [1.54, 1.807) is 0 Å². The lowest BCUT2D eigenvalue weighted by atomic mass is 10.1. The molecule has 108 valence electrons. The fourth-order valence-electron chi connectivity index (χ4n) is 2.01. The second-order valence-electron chi connectivity index (χ2n) is 4.97. The van der Waals surface area contributed by atoms with Crippen molar-refractivity contribution in [3.63, 3.8) is 0 Å². The highest BCUT2D eigenvalue weighted by Crippen LogP contribution is 2.09. The van der Waals surface area contributed by atoms with Crippen molar-refractivity contribution in [1.82, 2.24) is 0 Å². The molecule has 0 atom stereocenters. The predicted molar refractivity (Wildman–Crippen MR) is 82.0 cm³/mol. The van der Waals surface area contributed by atoms with E-state index < -0.39 is 0 Å². The van der Waals surface area contributed by atoms with Crippen molar-refractivity contribution in [2.45, 2.75) is 58.0 Å². The molecular weight excluding hydrogens is 248 g/mol. The van der Waals surface area contributed by atoms with Gasteiger partial charge in [0, 0.05) is 12.8 Å². The molecule has 2 heteroatoms. The van der Waals surface area contributed by atoms with E-state index in [0.29, 0.717) is 13.0 Å². The average Bonchev–Trinajstić information content (AvgIpc) is 2.49. The summed E-state index contributed by atoms with van der Waals surface area (Å²) in [6.07, 6.45) is 13.3. The number of carbonyl (C=O) groups excluding carboxylic acids is 1. The second kappa shape index (κ2) is 11.1. The van der Waals surface area contributed by atoms with Crippen LogP contribution < -0.4 is 0 Å². The van der Waals surface area contributed by atoms with Crippen LogP contribution in [0.5, 0.6) is 0 Å². The quantitative estimate of drug-likeness (QED) is 0.356. The van der Waals surface area contributed by atoms with E-state index in [2.05, 4.69) is 5.92 Å². The molecule has 0 saturated heterocycles. The monoisotopic (exact) mass is 272 g/mol. The van der Waals surface area contributed by atoms with Crippen LogP contribution in [0.1, 0.15) is 56.9 Å². The summed E-state index contributed by atoms with van der Waals surface area (Å²) in [6, 6.07) is 9.77. The minimum Gasteiger partial charge on any atom is -0.461 e. The summed E-state index contributed by atoms with van der Waals surface area (Å²) in [4.78, 5) is 11.5. The van der Waals surface area contributed by atoms with E-state index in [-0.39, 0.29) is 5.97 Å². The highest BCUT2D eigenvalue weighted by atomic mass is 16.5. The maximum absolute atomic E-state index is 11.5. The number of hydrogen-bond donors (Lipinski definition) is 0. The highest BCUT2D eigenvalue weighted by Gasteiger charge is 2.02. The van der Waals surface area contributed by atoms with Crippen LogP contribution in [0.3, 0.4) is 0 Å². The molecule has 0 radical (unpaired) electrons. The predicted octanol–water partition coefficient (Wildman–Crippen LogP) is 4.48. The average molecular weight is 272 g/mol. The standard InChI is InChI=1S/C18H24O2/c1-2-3-4-5-6-7-8-12-15-18(19)20-16-17-13-10-9-11-14-17/h1,9-11,13-14H,3-8,12,15-16H2. The van der Waals surface area contributed by atoms with E-state index in [4.69, 9.17) is 11.2 Å². The van der Waals surface area contributed by atoms with Crippen LogP contribution in [-0.2, 0) is 16.1 Å². The van der Waals surface area contributed by atoms with Crippen molar-refractivity contribution in [1.29, 1.82) is 0 Å². The first kappa shape index (κ1) is 16.3. The van der Waals surface area contributed by atoms with Gasteiger partial charge < -0.3 is 4.74 Å². The van der Waals surface area contributed by atoms with E-state index in [1.807, 2.05) is 30.3 Å². The molecule has 0 saturated carbocycles. The Kier molecular flexibility index (Phi) is 9.06. The molecule has 2 nitrogen and oxygen atoms in total. The lowest BCUT2D eigenvalue weighted by Gasteiger charge is -2.05. The zero-order chi connectivity index (χ0) is 14.5. The van der Waals surface area contributed by atoms with Gasteiger partial charge in [0.05, 0.1) is 0 Å². The number of esters is 1. The first-order valence-electron chi connectivity index (χ1n) is 7.46. The molecule has 0 aliphatic heterocycles. The van der Waals surface area contributed by atoms with Crippen molar-refractivity contribution in [2.24, 2.45) is 0 Å². The lowest BCUT2D eigenvalue weighted by Crippen LogP contribution is -2.04. The Morgan fingerprint density at radius 2 is 1.65 bits per heavy atom. The molecule has 1 rings (SSSR count). The molecule has 0 fully saturated rings. The molecule has 0 aliphatic rings. The Balaban J connectivity index is 1.94. The summed E-state index contributed by atoms with van der Waals surface area (Å²) in [7, 11) is 0. The number of unbranched alkanes of at least 4 members (excludes halogenated alkanes) is 6. The Hall–Kier alpha value is -1.75. The van der Waals surface area contributed by atoms with E-state index >= 15 is 0 Å². The van der Waals surface area contributed by atoms with Crippen molar-refractivity contribution in [2.75, 3.05) is 0 Å². The summed E-state index contributed by atoms with van der Waals surface area (Å²) in [5, 5.41) is 0. The van der Waals surface area contributed by atoms with Crippen LogP contribution in [-0.4, -0.2) is 5.97 Å². The Morgan fingerprint density at radius 3 is 2.35 bits per heavy atom. The number of carbonyl (C=O) groups is 1. The molecule has 0 aliphatic carbocycles. The van der Waals surface area contributed by atoms with Gasteiger partial charge in [-0.2, -0.15) is 0 Å². The van der Waals surface area contributed by atoms with Gasteiger partial charge >= 0.3 is 5.97 Å². The lowest BCUT2D eigenvalue weighted by molar-refractivity contribution is -0.145. The fraction of sp³-hybridized carbons (Fsp3) is 0.500. The third kappa shape index (κ3) is 8.37. The topological polar surface area (TPSA) is 26.3 Å². The van der Waals surface area contributed by atoms with Crippen molar-refractivity contribution in [3.05, 3.63) is 35.9 Å². The molecule has 1 aromatic rings. The zero-order valence-electron chi connectivity index (χ0n) is 12.1. The molecule has 0 amide bonds. The first-order chi connectivity index (χ1) is 9.83. The molecule has 0 N–H and O–H groups in total. The Labute approximate surface area is 122 Å². The summed E-state index contributed by atoms with van der Waals surface area (Å²) in [6.45, 7) is 0.381. The van der Waals surface area contributed by atoms with Gasteiger partial charge in [-0.25, -0.2) is 0 Å². The summed E-state index contributed by atoms with van der Waals surface area (Å²) >= 11 is 0. The van der Waals surface area contributed by atoms with E-state index in [1.165, 1.54) is 19.3 Å². The van der Waals surface area contributed by atoms with Crippen molar-refractivity contribution in [3.8, 4) is 12.3 Å². The van der Waals surface area contributed by atoms with Crippen molar-refractivity contribution >= 4 is 5.97 Å². The third-order valence-corrected chi connectivity index (χ3v) is 3.19. The number of hydrogen-bond acceptors (Lipinski definition) is 2. The number of ether oxygens (including phenoxy) is 1. The number of rotatable bonds is 10. The fourth-order valence-corrected chi connectivity index (χ4v) is 2.01. The van der Waals surface area contributed by atoms with Crippen LogP contribution >= 0.6 is 0 Å². The van der Waals surface area contributed by atoms with Gasteiger partial charge in [-0.1, -0.05) is 56.0 Å². The van der Waals surface area contributed by atoms with Crippen LogP contribution in [0.2, 0.25) is 0 Å². The summed E-state index contributed by atoms with van der Waals surface area (Å²) in [5.41, 5.74) is 1.04. The van der Waals surface area contributed by atoms with Crippen LogP contribution in [0.25, 0.3) is 0 Å². The minimum atomic E-state index is -0.0961. The molecule has 0 aromatic heterocycles. The van der Waals surface area contributed by atoms with Crippen LogP contribution in [0, 0.1) is 12.3 Å². The maximum Gasteiger partial charge on any atom is 0.306 e. The largest absolute Gasteiger partial charge is 0.461 e. The molecule has 0 spiro atoms. The minimum absolute atomic E-state index is 0.0961. The zero-order valence-corrected chi connectivity index (χ0v) is 12.1. The summed E-state index contributed by atoms with van der Waals surface area (Å²) in [5.74, 6) is 2.55. The van der Waals surface area contributed by atoms with Gasteiger partial charge in [-0.05, 0) is 18.4 Å². The van der Waals surface area contributed by atoms with Gasteiger partial charge in [0.25, 0.3) is 0 Å². The van der Waals surface area contributed by atoms with Gasteiger partial charge in [0.15, 0.2) is 0 Å². The number of benzene rings is 1. The molecule has 0 bridgehead atoms. The Bertz CT molecular complexity index is 403. The smallest absolute Gasteiger partial charge is 0.306 e. The van der Waals surface area contributed by atoms with E-state index in [0.717, 1.165) is 31.2 Å². The Morgan fingerprint density at radius 1 is 1.00 bits per heavy atom. The highest BCUT2D eigenvalue weighted by molar-refractivity contribution is 5.69. The van der Waals surface area contributed by atoms with Gasteiger partial charge in [0.1, 0.15) is 6.61 Å². The third-order valence-electron chi connectivity index (χ3n) is 3.19. The normalized spacial score (nSPS) is 9.95. The molecule has 0 heterocycles. The van der Waals surface area contributed by atoms with E-state index in [9.17, 15) is 4.79 Å². The molecule has 20 heavy (non-hydrogen) atoms. The number of terminal acetylenes is 1. The molecule has 1 aromatic carbocycles. The van der Waals surface area contributed by atoms with Crippen LogP contribution in [0.4, 0.5) is 0 Å². The van der Waals surface area contributed by atoms with Crippen LogP contribution in [0.15, 0.2) is 30.3 Å². The summed E-state index contributed by atoms with van der Waals surface area (Å²) < 4.78 is 5.23. The van der Waals surface area contributed by atoms with Crippen molar-refractivity contribution < 1.29 is 9.53 Å². The first-order valence-corrected chi connectivity index (χ1v) is 7.46.